The van der Waals surface area contributed by atoms with Crippen molar-refractivity contribution in [2.24, 2.45) is 0 Å². The number of nitrogens with zero attached hydrogens (tertiary/aromatic N) is 1. The molecule has 1 saturated heterocycles. The second kappa shape index (κ2) is 6.86. The molecule has 1 fully saturated rings. The zero-order chi connectivity index (χ0) is 16.4. The van der Waals surface area contributed by atoms with E-state index in [0.717, 1.165) is 10.0 Å². The standard InChI is InChI=1S/C17H12BrNO2S2/c1-21-14-4-2-3-13(10-14)19-16(20)15(23-17(19)22)9-11-5-7-12(18)8-6-11/h2-10H,1H3/b15-9+. The lowest BCUT2D eigenvalue weighted by Gasteiger charge is -2.15. The van der Waals surface area contributed by atoms with Crippen molar-refractivity contribution in [2.45, 2.75) is 0 Å². The molecular weight excluding hydrogens is 394 g/mol. The Hall–Kier alpha value is -1.63. The minimum Gasteiger partial charge on any atom is -0.497 e. The summed E-state index contributed by atoms with van der Waals surface area (Å²) in [6.45, 7) is 0. The summed E-state index contributed by atoms with van der Waals surface area (Å²) < 4.78 is 6.73. The van der Waals surface area contributed by atoms with Crippen molar-refractivity contribution >= 4 is 61.9 Å². The number of thiocarbonyl (C=S) groups is 1. The molecule has 0 spiro atoms. The Morgan fingerprint density at radius 2 is 1.96 bits per heavy atom. The smallest absolute Gasteiger partial charge is 0.270 e. The number of rotatable bonds is 3. The number of anilines is 1. The fourth-order valence-corrected chi connectivity index (χ4v) is 3.71. The van der Waals surface area contributed by atoms with Gasteiger partial charge in [0.1, 0.15) is 5.75 Å². The Balaban J connectivity index is 1.91. The van der Waals surface area contributed by atoms with E-state index in [1.807, 2.05) is 48.5 Å². The van der Waals surface area contributed by atoms with E-state index < -0.39 is 0 Å². The lowest BCUT2D eigenvalue weighted by Crippen LogP contribution is -2.27. The van der Waals surface area contributed by atoms with Gasteiger partial charge in [-0.05, 0) is 35.9 Å². The van der Waals surface area contributed by atoms with Gasteiger partial charge in [-0.3, -0.25) is 9.69 Å². The number of carbonyl (C=O) groups is 1. The van der Waals surface area contributed by atoms with Crippen LogP contribution < -0.4 is 9.64 Å². The summed E-state index contributed by atoms with van der Waals surface area (Å²) in [5.41, 5.74) is 1.67. The van der Waals surface area contributed by atoms with Crippen LogP contribution in [0.2, 0.25) is 0 Å². The summed E-state index contributed by atoms with van der Waals surface area (Å²) >= 11 is 10.1. The number of carbonyl (C=O) groups excluding carboxylic acids is 1. The molecule has 0 bridgehead atoms. The first-order chi connectivity index (χ1) is 11.1. The number of hydrogen-bond donors (Lipinski definition) is 0. The first-order valence-corrected chi connectivity index (χ1v) is 8.78. The van der Waals surface area contributed by atoms with Gasteiger partial charge in [-0.1, -0.05) is 58.1 Å². The molecule has 0 atom stereocenters. The van der Waals surface area contributed by atoms with Gasteiger partial charge in [0.15, 0.2) is 4.32 Å². The second-order valence-corrected chi connectivity index (χ2v) is 7.36. The van der Waals surface area contributed by atoms with Gasteiger partial charge in [-0.25, -0.2) is 0 Å². The number of amides is 1. The van der Waals surface area contributed by atoms with E-state index in [2.05, 4.69) is 15.9 Å². The minimum atomic E-state index is -0.115. The number of ether oxygens (including phenoxy) is 1. The Kier molecular flexibility index (Phi) is 4.84. The second-order valence-electron chi connectivity index (χ2n) is 4.77. The van der Waals surface area contributed by atoms with Crippen molar-refractivity contribution in [3.63, 3.8) is 0 Å². The molecule has 2 aromatic rings. The van der Waals surface area contributed by atoms with Crippen molar-refractivity contribution in [1.29, 1.82) is 0 Å². The SMILES string of the molecule is COc1cccc(N2C(=O)/C(=C\c3ccc(Br)cc3)SC2=S)c1. The summed E-state index contributed by atoms with van der Waals surface area (Å²) in [6, 6.07) is 15.1. The van der Waals surface area contributed by atoms with E-state index in [-0.39, 0.29) is 5.91 Å². The van der Waals surface area contributed by atoms with Crippen LogP contribution in [0.5, 0.6) is 5.75 Å². The first kappa shape index (κ1) is 16.2. The maximum absolute atomic E-state index is 12.7. The van der Waals surface area contributed by atoms with E-state index in [0.29, 0.717) is 20.7 Å². The molecule has 0 aliphatic carbocycles. The highest BCUT2D eigenvalue weighted by Gasteiger charge is 2.33. The molecule has 0 aromatic heterocycles. The molecule has 1 heterocycles. The van der Waals surface area contributed by atoms with Crippen LogP contribution in [0.4, 0.5) is 5.69 Å². The largest absolute Gasteiger partial charge is 0.497 e. The third kappa shape index (κ3) is 3.49. The van der Waals surface area contributed by atoms with Crippen molar-refractivity contribution < 1.29 is 9.53 Å². The third-order valence-electron chi connectivity index (χ3n) is 3.27. The molecule has 0 saturated carbocycles. The normalized spacial score (nSPS) is 16.3. The van der Waals surface area contributed by atoms with Crippen molar-refractivity contribution in [3.8, 4) is 5.75 Å². The molecule has 116 valence electrons. The van der Waals surface area contributed by atoms with Gasteiger partial charge in [0.25, 0.3) is 5.91 Å². The number of thioether (sulfide) groups is 1. The van der Waals surface area contributed by atoms with Crippen LogP contribution in [0.1, 0.15) is 5.56 Å². The number of hydrogen-bond acceptors (Lipinski definition) is 4. The lowest BCUT2D eigenvalue weighted by molar-refractivity contribution is -0.113. The Bertz CT molecular complexity index is 802. The van der Waals surface area contributed by atoms with Gasteiger partial charge in [0, 0.05) is 10.5 Å². The average molecular weight is 406 g/mol. The first-order valence-electron chi connectivity index (χ1n) is 6.76. The van der Waals surface area contributed by atoms with Gasteiger partial charge >= 0.3 is 0 Å². The van der Waals surface area contributed by atoms with Crippen LogP contribution in [0, 0.1) is 0 Å². The van der Waals surface area contributed by atoms with Crippen molar-refractivity contribution in [1.82, 2.24) is 0 Å². The van der Waals surface area contributed by atoms with Crippen LogP contribution in [-0.2, 0) is 4.79 Å². The van der Waals surface area contributed by atoms with Crippen LogP contribution in [-0.4, -0.2) is 17.3 Å². The highest BCUT2D eigenvalue weighted by molar-refractivity contribution is 9.10. The van der Waals surface area contributed by atoms with E-state index >= 15 is 0 Å². The van der Waals surface area contributed by atoms with E-state index in [4.69, 9.17) is 17.0 Å². The molecule has 3 nitrogen and oxygen atoms in total. The quantitative estimate of drug-likeness (QED) is 0.538. The average Bonchev–Trinajstić information content (AvgIpc) is 2.83. The Morgan fingerprint density at radius 3 is 2.65 bits per heavy atom. The van der Waals surface area contributed by atoms with Crippen LogP contribution in [0.3, 0.4) is 0 Å². The van der Waals surface area contributed by atoms with Crippen molar-refractivity contribution in [2.75, 3.05) is 12.0 Å². The molecule has 6 heteroatoms. The van der Waals surface area contributed by atoms with Gasteiger partial charge in [0.05, 0.1) is 17.7 Å². The van der Waals surface area contributed by atoms with Gasteiger partial charge < -0.3 is 4.74 Å². The third-order valence-corrected chi connectivity index (χ3v) is 5.10. The summed E-state index contributed by atoms with van der Waals surface area (Å²) in [5, 5.41) is 0. The molecule has 23 heavy (non-hydrogen) atoms. The zero-order valence-corrected chi connectivity index (χ0v) is 15.4. The molecule has 0 radical (unpaired) electrons. The van der Waals surface area contributed by atoms with Gasteiger partial charge in [-0.15, -0.1) is 0 Å². The topological polar surface area (TPSA) is 29.5 Å². The number of benzene rings is 2. The van der Waals surface area contributed by atoms with Crippen LogP contribution in [0.25, 0.3) is 6.08 Å². The molecular formula is C17H12BrNO2S2. The maximum atomic E-state index is 12.7. The van der Waals surface area contributed by atoms with E-state index in [1.54, 1.807) is 13.2 Å². The number of methoxy groups -OCH3 is 1. The molecule has 1 amide bonds. The minimum absolute atomic E-state index is 0.115. The highest BCUT2D eigenvalue weighted by atomic mass is 79.9. The Morgan fingerprint density at radius 1 is 1.22 bits per heavy atom. The molecule has 1 aliphatic rings. The zero-order valence-electron chi connectivity index (χ0n) is 12.2. The van der Waals surface area contributed by atoms with E-state index in [1.165, 1.54) is 16.7 Å². The molecule has 1 aliphatic heterocycles. The summed E-state index contributed by atoms with van der Waals surface area (Å²) in [6.07, 6.45) is 1.85. The summed E-state index contributed by atoms with van der Waals surface area (Å²) in [5.74, 6) is 0.574. The molecule has 3 rings (SSSR count). The van der Waals surface area contributed by atoms with Gasteiger partial charge in [0.2, 0.25) is 0 Å². The predicted molar refractivity (Wildman–Crippen MR) is 103 cm³/mol. The fourth-order valence-electron chi connectivity index (χ4n) is 2.15. The molecule has 0 unspecified atom stereocenters. The van der Waals surface area contributed by atoms with Crippen LogP contribution in [0.15, 0.2) is 57.9 Å². The summed E-state index contributed by atoms with van der Waals surface area (Å²) in [4.78, 5) is 14.8. The number of halogens is 1. The molecule has 0 N–H and O–H groups in total. The Labute approximate surface area is 152 Å². The monoisotopic (exact) mass is 405 g/mol. The maximum Gasteiger partial charge on any atom is 0.270 e. The predicted octanol–water partition coefficient (Wildman–Crippen LogP) is 4.86. The highest BCUT2D eigenvalue weighted by Crippen LogP contribution is 2.37. The lowest BCUT2D eigenvalue weighted by atomic mass is 10.2. The fraction of sp³-hybridized carbons (Fsp3) is 0.0588. The molecule has 2 aromatic carbocycles. The summed E-state index contributed by atoms with van der Waals surface area (Å²) in [7, 11) is 1.59. The van der Waals surface area contributed by atoms with E-state index in [9.17, 15) is 4.79 Å². The van der Waals surface area contributed by atoms with Gasteiger partial charge in [-0.2, -0.15) is 0 Å². The van der Waals surface area contributed by atoms with Crippen molar-refractivity contribution in [3.05, 3.63) is 63.5 Å². The van der Waals surface area contributed by atoms with Crippen LogP contribution >= 0.6 is 39.9 Å².